The summed E-state index contributed by atoms with van der Waals surface area (Å²) in [6, 6.07) is 10.7. The highest BCUT2D eigenvalue weighted by Gasteiger charge is 2.20. The monoisotopic (exact) mass is 464 g/mol. The summed E-state index contributed by atoms with van der Waals surface area (Å²) < 4.78 is 38.7. The minimum atomic E-state index is -3.64. The third-order valence-electron chi connectivity index (χ3n) is 3.68. The van der Waals surface area contributed by atoms with E-state index in [1.807, 2.05) is 0 Å². The predicted molar refractivity (Wildman–Crippen MR) is 114 cm³/mol. The van der Waals surface area contributed by atoms with Crippen LogP contribution in [0.15, 0.2) is 42.5 Å². The van der Waals surface area contributed by atoms with Crippen LogP contribution < -0.4 is 9.62 Å². The van der Waals surface area contributed by atoms with Gasteiger partial charge in [0.1, 0.15) is 12.4 Å². The van der Waals surface area contributed by atoms with Gasteiger partial charge in [-0.2, -0.15) is 11.8 Å². The second kappa shape index (κ2) is 10.3. The Balaban J connectivity index is 1.84. The van der Waals surface area contributed by atoms with E-state index in [2.05, 4.69) is 5.32 Å². The van der Waals surface area contributed by atoms with Crippen LogP contribution in [0.5, 0.6) is 0 Å². The number of carbonyl (C=O) groups is 1. The number of carbonyl (C=O) groups excluding carboxylic acids is 1. The third-order valence-corrected chi connectivity index (χ3v) is 6.41. The quantitative estimate of drug-likeness (QED) is 0.570. The first-order valence-corrected chi connectivity index (χ1v) is 11.9. The summed E-state index contributed by atoms with van der Waals surface area (Å²) in [6.45, 7) is -0.0297. The van der Waals surface area contributed by atoms with Crippen molar-refractivity contribution in [3.8, 4) is 0 Å². The molecular formula is C18H19Cl2FN2O3S2. The van der Waals surface area contributed by atoms with Crippen LogP contribution in [0.4, 0.5) is 10.1 Å². The van der Waals surface area contributed by atoms with Crippen molar-refractivity contribution >= 4 is 56.6 Å². The van der Waals surface area contributed by atoms with Crippen LogP contribution in [0, 0.1) is 5.82 Å². The van der Waals surface area contributed by atoms with Crippen molar-refractivity contribution in [3.05, 3.63) is 63.9 Å². The number of hydrogen-bond acceptors (Lipinski definition) is 4. The Morgan fingerprint density at radius 1 is 1.18 bits per heavy atom. The molecule has 28 heavy (non-hydrogen) atoms. The largest absolute Gasteiger partial charge is 0.354 e. The number of thioether (sulfide) groups is 1. The van der Waals surface area contributed by atoms with Crippen molar-refractivity contribution in [1.29, 1.82) is 0 Å². The number of nitrogens with one attached hydrogen (secondary N) is 1. The molecule has 0 aliphatic heterocycles. The fourth-order valence-electron chi connectivity index (χ4n) is 2.30. The molecule has 0 radical (unpaired) electrons. The zero-order chi connectivity index (χ0) is 20.7. The van der Waals surface area contributed by atoms with E-state index < -0.39 is 15.9 Å². The Kier molecular flexibility index (Phi) is 8.42. The molecule has 0 fully saturated rings. The molecule has 5 nitrogen and oxygen atoms in total. The lowest BCUT2D eigenvalue weighted by molar-refractivity contribution is -0.119. The molecule has 0 spiro atoms. The molecule has 0 aromatic heterocycles. The summed E-state index contributed by atoms with van der Waals surface area (Å²) in [4.78, 5) is 12.1. The highest BCUT2D eigenvalue weighted by molar-refractivity contribution is 7.98. The van der Waals surface area contributed by atoms with Gasteiger partial charge in [0.25, 0.3) is 0 Å². The third kappa shape index (κ3) is 6.84. The van der Waals surface area contributed by atoms with Crippen molar-refractivity contribution in [2.24, 2.45) is 0 Å². The smallest absolute Gasteiger partial charge is 0.240 e. The van der Waals surface area contributed by atoms with Crippen LogP contribution >= 0.6 is 35.0 Å². The van der Waals surface area contributed by atoms with Crippen LogP contribution in [0.2, 0.25) is 10.0 Å². The van der Waals surface area contributed by atoms with E-state index in [0.29, 0.717) is 39.3 Å². The predicted octanol–water partition coefficient (Wildman–Crippen LogP) is 3.95. The molecule has 0 aliphatic rings. The second-order valence-electron chi connectivity index (χ2n) is 5.85. The average Bonchev–Trinajstić information content (AvgIpc) is 2.61. The number of amides is 1. The van der Waals surface area contributed by atoms with Crippen molar-refractivity contribution < 1.29 is 17.6 Å². The molecule has 0 aliphatic carbocycles. The zero-order valence-corrected chi connectivity index (χ0v) is 18.1. The SMILES string of the molecule is CS(=O)(=O)N(CC(=O)NCCSCc1c(F)cccc1Cl)c1ccc(Cl)cc1. The van der Waals surface area contributed by atoms with Gasteiger partial charge >= 0.3 is 0 Å². The van der Waals surface area contributed by atoms with Gasteiger partial charge in [0.05, 0.1) is 11.9 Å². The van der Waals surface area contributed by atoms with Gasteiger partial charge < -0.3 is 5.32 Å². The summed E-state index contributed by atoms with van der Waals surface area (Å²) in [6.07, 6.45) is 1.03. The summed E-state index contributed by atoms with van der Waals surface area (Å²) in [5, 5.41) is 3.49. The minimum Gasteiger partial charge on any atom is -0.354 e. The van der Waals surface area contributed by atoms with Crippen LogP contribution in [0.1, 0.15) is 5.56 Å². The Labute approximate surface area is 178 Å². The first kappa shape index (κ1) is 22.8. The molecule has 2 aromatic rings. The van der Waals surface area contributed by atoms with Gasteiger partial charge in [-0.25, -0.2) is 12.8 Å². The lowest BCUT2D eigenvalue weighted by Crippen LogP contribution is -2.41. The Morgan fingerprint density at radius 2 is 1.86 bits per heavy atom. The van der Waals surface area contributed by atoms with E-state index in [1.165, 1.54) is 30.0 Å². The molecule has 152 valence electrons. The maximum atomic E-state index is 13.7. The standard InChI is InChI=1S/C18H19Cl2FN2O3S2/c1-28(25,26)23(14-7-5-13(19)6-8-14)11-18(24)22-9-10-27-12-15-16(20)3-2-4-17(15)21/h2-8H,9-12H2,1H3,(H,22,24). The summed E-state index contributed by atoms with van der Waals surface area (Å²) in [5.74, 6) is 0.0957. The molecule has 1 amide bonds. The Hall–Kier alpha value is -1.48. The van der Waals surface area contributed by atoms with E-state index in [4.69, 9.17) is 23.2 Å². The van der Waals surface area contributed by atoms with Crippen molar-refractivity contribution in [2.75, 3.05) is 29.4 Å². The molecule has 10 heteroatoms. The van der Waals surface area contributed by atoms with Crippen molar-refractivity contribution in [2.45, 2.75) is 5.75 Å². The second-order valence-corrected chi connectivity index (χ2v) is 9.70. The number of anilines is 1. The number of hydrogen-bond donors (Lipinski definition) is 1. The highest BCUT2D eigenvalue weighted by Crippen LogP contribution is 2.23. The van der Waals surface area contributed by atoms with Crippen molar-refractivity contribution in [3.63, 3.8) is 0 Å². The van der Waals surface area contributed by atoms with Gasteiger partial charge in [-0.15, -0.1) is 0 Å². The van der Waals surface area contributed by atoms with Gasteiger partial charge in [0.15, 0.2) is 0 Å². The fourth-order valence-corrected chi connectivity index (χ4v) is 4.48. The molecule has 0 heterocycles. The normalized spacial score (nSPS) is 11.3. The molecule has 0 unspecified atom stereocenters. The number of benzene rings is 2. The van der Waals surface area contributed by atoms with E-state index in [9.17, 15) is 17.6 Å². The zero-order valence-electron chi connectivity index (χ0n) is 15.0. The first-order valence-electron chi connectivity index (χ1n) is 8.19. The average molecular weight is 465 g/mol. The number of nitrogens with zero attached hydrogens (tertiary/aromatic N) is 1. The van der Waals surface area contributed by atoms with Gasteiger partial charge in [-0.1, -0.05) is 29.3 Å². The lowest BCUT2D eigenvalue weighted by atomic mass is 10.2. The molecule has 0 saturated heterocycles. The maximum absolute atomic E-state index is 13.7. The summed E-state index contributed by atoms with van der Waals surface area (Å²) in [7, 11) is -3.64. The van der Waals surface area contributed by atoms with Gasteiger partial charge in [-0.3, -0.25) is 9.10 Å². The molecule has 2 rings (SSSR count). The number of sulfonamides is 1. The van der Waals surface area contributed by atoms with E-state index in [0.717, 1.165) is 10.6 Å². The van der Waals surface area contributed by atoms with Crippen molar-refractivity contribution in [1.82, 2.24) is 5.32 Å². The van der Waals surface area contributed by atoms with Crippen LogP contribution in [-0.2, 0) is 20.6 Å². The Morgan fingerprint density at radius 3 is 2.46 bits per heavy atom. The molecule has 1 N–H and O–H groups in total. The maximum Gasteiger partial charge on any atom is 0.240 e. The topological polar surface area (TPSA) is 66.5 Å². The van der Waals surface area contributed by atoms with E-state index >= 15 is 0 Å². The van der Waals surface area contributed by atoms with E-state index in [-0.39, 0.29) is 12.4 Å². The van der Waals surface area contributed by atoms with Crippen LogP contribution in [0.25, 0.3) is 0 Å². The number of rotatable bonds is 9. The Bertz CT molecular complexity index is 905. The molecule has 0 saturated carbocycles. The summed E-state index contributed by atoms with van der Waals surface area (Å²) in [5.41, 5.74) is 0.775. The molecule has 0 bridgehead atoms. The van der Waals surface area contributed by atoms with E-state index in [1.54, 1.807) is 24.3 Å². The molecule has 0 atom stereocenters. The first-order chi connectivity index (χ1) is 13.2. The van der Waals surface area contributed by atoms with Gasteiger partial charge in [0, 0.05) is 33.7 Å². The summed E-state index contributed by atoms with van der Waals surface area (Å²) >= 11 is 13.2. The van der Waals surface area contributed by atoms with Crippen LogP contribution in [0.3, 0.4) is 0 Å². The fraction of sp³-hybridized carbons (Fsp3) is 0.278. The number of halogens is 3. The molecular weight excluding hydrogens is 446 g/mol. The van der Waals surface area contributed by atoms with Crippen LogP contribution in [-0.4, -0.2) is 39.4 Å². The lowest BCUT2D eigenvalue weighted by Gasteiger charge is -2.21. The van der Waals surface area contributed by atoms with Gasteiger partial charge in [0.2, 0.25) is 15.9 Å². The minimum absolute atomic E-state index is 0.313. The highest BCUT2D eigenvalue weighted by atomic mass is 35.5. The van der Waals surface area contributed by atoms with Gasteiger partial charge in [-0.05, 0) is 36.4 Å². The molecule has 2 aromatic carbocycles.